The minimum Gasteiger partial charge on any atom is -0.316 e. The van der Waals surface area contributed by atoms with Crippen molar-refractivity contribution in [2.75, 3.05) is 18.4 Å². The molecule has 2 rings (SSSR count). The van der Waals surface area contributed by atoms with E-state index in [0.717, 1.165) is 5.56 Å². The molecule has 0 aliphatic rings. The molecule has 1 aromatic heterocycles. The first-order valence-corrected chi connectivity index (χ1v) is 7.63. The molecule has 0 radical (unpaired) electrons. The summed E-state index contributed by atoms with van der Waals surface area (Å²) in [5, 5.41) is 9.45. The Kier molecular flexibility index (Phi) is 4.10. The average Bonchev–Trinajstić information content (AvgIpc) is 2.87. The second-order valence-corrected chi connectivity index (χ2v) is 6.47. The highest BCUT2D eigenvalue weighted by atomic mass is 32.2. The predicted molar refractivity (Wildman–Crippen MR) is 78.1 cm³/mol. The quantitative estimate of drug-likeness (QED) is 0.870. The zero-order valence-corrected chi connectivity index (χ0v) is 12.5. The van der Waals surface area contributed by atoms with E-state index in [1.54, 1.807) is 13.1 Å². The Morgan fingerprint density at radius 3 is 2.80 bits per heavy atom. The van der Waals surface area contributed by atoms with Crippen molar-refractivity contribution in [2.45, 2.75) is 18.5 Å². The fraction of sp³-hybridized carbons (Fsp3) is 0.308. The highest BCUT2D eigenvalue weighted by Crippen LogP contribution is 2.23. The molecule has 7 heteroatoms. The van der Waals surface area contributed by atoms with Crippen LogP contribution in [0.15, 0.2) is 35.5 Å². The molecule has 0 atom stereocenters. The standard InChI is InChI=1S/C13H18N4O2S/c1-10-5-4-6-12(7-10)17(3)20(18,19)13-11(8-14-2)9-15-16-13/h4-7,9,14H,8H2,1-3H3,(H,15,16). The molecule has 0 saturated heterocycles. The minimum atomic E-state index is -3.64. The highest BCUT2D eigenvalue weighted by Gasteiger charge is 2.26. The van der Waals surface area contributed by atoms with Gasteiger partial charge in [0, 0.05) is 19.2 Å². The molecule has 0 aliphatic heterocycles. The van der Waals surface area contributed by atoms with Crippen molar-refractivity contribution in [1.29, 1.82) is 0 Å². The minimum absolute atomic E-state index is 0.121. The van der Waals surface area contributed by atoms with Gasteiger partial charge in [-0.1, -0.05) is 12.1 Å². The molecule has 0 unspecified atom stereocenters. The number of nitrogens with zero attached hydrogens (tertiary/aromatic N) is 2. The third-order valence-electron chi connectivity index (χ3n) is 3.03. The van der Waals surface area contributed by atoms with Crippen LogP contribution in [0.2, 0.25) is 0 Å². The molecule has 0 aliphatic carbocycles. The summed E-state index contributed by atoms with van der Waals surface area (Å²) in [4.78, 5) is 0. The van der Waals surface area contributed by atoms with Crippen LogP contribution in [0.3, 0.4) is 0 Å². The number of aromatic nitrogens is 2. The second kappa shape index (κ2) is 5.64. The molecule has 2 aromatic rings. The van der Waals surface area contributed by atoms with Crippen LogP contribution in [0.25, 0.3) is 0 Å². The molecule has 0 bridgehead atoms. The molecule has 20 heavy (non-hydrogen) atoms. The number of rotatable bonds is 5. The van der Waals surface area contributed by atoms with Gasteiger partial charge in [-0.15, -0.1) is 0 Å². The first-order chi connectivity index (χ1) is 9.46. The lowest BCUT2D eigenvalue weighted by Gasteiger charge is -2.19. The zero-order chi connectivity index (χ0) is 14.8. The number of sulfonamides is 1. The molecule has 108 valence electrons. The van der Waals surface area contributed by atoms with Gasteiger partial charge < -0.3 is 5.32 Å². The summed E-state index contributed by atoms with van der Waals surface area (Å²) in [5.74, 6) is 0. The lowest BCUT2D eigenvalue weighted by atomic mass is 10.2. The van der Waals surface area contributed by atoms with Crippen LogP contribution in [0.1, 0.15) is 11.1 Å². The number of aromatic amines is 1. The Bertz CT molecular complexity index is 694. The van der Waals surface area contributed by atoms with E-state index in [2.05, 4.69) is 15.5 Å². The van der Waals surface area contributed by atoms with Crippen molar-refractivity contribution in [3.63, 3.8) is 0 Å². The molecular weight excluding hydrogens is 276 g/mol. The van der Waals surface area contributed by atoms with Crippen molar-refractivity contribution >= 4 is 15.7 Å². The van der Waals surface area contributed by atoms with Gasteiger partial charge in [-0.2, -0.15) is 13.5 Å². The van der Waals surface area contributed by atoms with Gasteiger partial charge in [0.05, 0.1) is 11.9 Å². The molecule has 0 spiro atoms. The smallest absolute Gasteiger partial charge is 0.281 e. The molecule has 0 amide bonds. The Morgan fingerprint density at radius 1 is 1.40 bits per heavy atom. The van der Waals surface area contributed by atoms with Gasteiger partial charge in [-0.05, 0) is 31.7 Å². The van der Waals surface area contributed by atoms with E-state index in [4.69, 9.17) is 0 Å². The van der Waals surface area contributed by atoms with E-state index >= 15 is 0 Å². The fourth-order valence-corrected chi connectivity index (χ4v) is 3.23. The number of nitrogens with one attached hydrogen (secondary N) is 2. The normalized spacial score (nSPS) is 11.6. The van der Waals surface area contributed by atoms with Crippen molar-refractivity contribution in [1.82, 2.24) is 15.5 Å². The summed E-state index contributed by atoms with van der Waals surface area (Å²) in [6.45, 7) is 2.36. The second-order valence-electron chi connectivity index (χ2n) is 4.57. The van der Waals surface area contributed by atoms with Gasteiger partial charge in [0.25, 0.3) is 10.0 Å². The van der Waals surface area contributed by atoms with E-state index in [1.165, 1.54) is 17.5 Å². The lowest BCUT2D eigenvalue weighted by molar-refractivity contribution is 0.588. The maximum Gasteiger partial charge on any atom is 0.281 e. The molecule has 0 fully saturated rings. The summed E-state index contributed by atoms with van der Waals surface area (Å²) >= 11 is 0. The van der Waals surface area contributed by atoms with Crippen LogP contribution in [0.4, 0.5) is 5.69 Å². The fourth-order valence-electron chi connectivity index (χ4n) is 1.94. The van der Waals surface area contributed by atoms with Crippen molar-refractivity contribution in [3.8, 4) is 0 Å². The Balaban J connectivity index is 2.41. The van der Waals surface area contributed by atoms with Crippen molar-refractivity contribution < 1.29 is 8.42 Å². The number of aryl methyl sites for hydroxylation is 1. The molecule has 2 N–H and O–H groups in total. The highest BCUT2D eigenvalue weighted by molar-refractivity contribution is 7.92. The topological polar surface area (TPSA) is 78.1 Å². The third-order valence-corrected chi connectivity index (χ3v) is 4.83. The van der Waals surface area contributed by atoms with Crippen LogP contribution in [-0.2, 0) is 16.6 Å². The van der Waals surface area contributed by atoms with Crippen molar-refractivity contribution in [2.24, 2.45) is 0 Å². The van der Waals surface area contributed by atoms with E-state index in [-0.39, 0.29) is 5.03 Å². The maximum atomic E-state index is 12.6. The van der Waals surface area contributed by atoms with Crippen LogP contribution in [0, 0.1) is 6.92 Å². The molecule has 1 heterocycles. The lowest BCUT2D eigenvalue weighted by Crippen LogP contribution is -2.28. The van der Waals surface area contributed by atoms with Crippen LogP contribution >= 0.6 is 0 Å². The van der Waals surface area contributed by atoms with Crippen LogP contribution in [0.5, 0.6) is 0 Å². The van der Waals surface area contributed by atoms with E-state index < -0.39 is 10.0 Å². The maximum absolute atomic E-state index is 12.6. The molecular formula is C13H18N4O2S. The van der Waals surface area contributed by atoms with Gasteiger partial charge in [-0.25, -0.2) is 0 Å². The van der Waals surface area contributed by atoms with Crippen molar-refractivity contribution in [3.05, 3.63) is 41.6 Å². The third kappa shape index (κ3) is 2.68. The first-order valence-electron chi connectivity index (χ1n) is 6.19. The number of anilines is 1. The monoisotopic (exact) mass is 294 g/mol. The van der Waals surface area contributed by atoms with Gasteiger partial charge in [0.2, 0.25) is 0 Å². The largest absolute Gasteiger partial charge is 0.316 e. The van der Waals surface area contributed by atoms with Gasteiger partial charge >= 0.3 is 0 Å². The number of benzene rings is 1. The summed E-state index contributed by atoms with van der Waals surface area (Å²) in [7, 11) is -0.350. The summed E-state index contributed by atoms with van der Waals surface area (Å²) in [6, 6.07) is 7.34. The molecule has 1 aromatic carbocycles. The van der Waals surface area contributed by atoms with E-state index in [0.29, 0.717) is 17.8 Å². The average molecular weight is 294 g/mol. The Morgan fingerprint density at radius 2 is 2.15 bits per heavy atom. The van der Waals surface area contributed by atoms with Gasteiger partial charge in [0.15, 0.2) is 5.03 Å². The first kappa shape index (κ1) is 14.5. The Hall–Kier alpha value is -1.86. The van der Waals surface area contributed by atoms with Gasteiger partial charge in [-0.3, -0.25) is 9.40 Å². The Labute approximate surface area is 118 Å². The summed E-state index contributed by atoms with van der Waals surface area (Å²) in [6.07, 6.45) is 1.52. The summed E-state index contributed by atoms with van der Waals surface area (Å²) in [5.41, 5.74) is 2.24. The van der Waals surface area contributed by atoms with E-state index in [1.807, 2.05) is 25.1 Å². The summed E-state index contributed by atoms with van der Waals surface area (Å²) < 4.78 is 26.5. The molecule has 6 nitrogen and oxygen atoms in total. The zero-order valence-electron chi connectivity index (χ0n) is 11.7. The molecule has 0 saturated carbocycles. The predicted octanol–water partition coefficient (Wildman–Crippen LogP) is 1.26. The number of hydrogen-bond donors (Lipinski definition) is 2. The van der Waals surface area contributed by atoms with Crippen LogP contribution < -0.4 is 9.62 Å². The SMILES string of the molecule is CNCc1cn[nH]c1S(=O)(=O)N(C)c1cccc(C)c1. The van der Waals surface area contributed by atoms with Gasteiger partial charge in [0.1, 0.15) is 0 Å². The van der Waals surface area contributed by atoms with E-state index in [9.17, 15) is 8.42 Å². The number of H-pyrrole nitrogens is 1. The number of hydrogen-bond acceptors (Lipinski definition) is 4. The van der Waals surface area contributed by atoms with Crippen LogP contribution in [-0.4, -0.2) is 32.7 Å².